The molecule has 7 nitrogen and oxygen atoms in total. The van der Waals surface area contributed by atoms with Crippen molar-refractivity contribution in [3.63, 3.8) is 0 Å². The molecule has 0 aliphatic carbocycles. The van der Waals surface area contributed by atoms with Crippen LogP contribution in [0.25, 0.3) is 0 Å². The second kappa shape index (κ2) is 7.26. The number of amides is 1. The second-order valence-corrected chi connectivity index (χ2v) is 4.61. The highest BCUT2D eigenvalue weighted by Crippen LogP contribution is 2.11. The van der Waals surface area contributed by atoms with E-state index in [-0.39, 0.29) is 18.4 Å². The molecule has 0 aliphatic heterocycles. The smallest absolute Gasteiger partial charge is 0.348 e. The largest absolute Gasteiger partial charge is 0.497 e. The first-order valence-electron chi connectivity index (χ1n) is 6.67. The summed E-state index contributed by atoms with van der Waals surface area (Å²) < 4.78 is 10.3. The van der Waals surface area contributed by atoms with E-state index in [4.69, 9.17) is 9.47 Å². The standard InChI is InChI=1S/C15H17N3O4/c1-10-7-17-15(20)18-14(10)22-9-13(19)16-8-11-3-5-12(21-2)6-4-11/h3-7H,8-9H2,1-2H3,(H,16,19)(H,17,18,20). The number of hydrogen-bond acceptors (Lipinski definition) is 5. The third-order valence-corrected chi connectivity index (χ3v) is 2.94. The summed E-state index contributed by atoms with van der Waals surface area (Å²) in [6.45, 7) is 1.91. The molecule has 2 rings (SSSR count). The Morgan fingerprint density at radius 2 is 2.05 bits per heavy atom. The van der Waals surface area contributed by atoms with Crippen molar-refractivity contribution >= 4 is 5.91 Å². The van der Waals surface area contributed by atoms with Crippen molar-refractivity contribution in [2.75, 3.05) is 13.7 Å². The van der Waals surface area contributed by atoms with E-state index in [1.807, 2.05) is 24.3 Å². The molecule has 0 saturated heterocycles. The van der Waals surface area contributed by atoms with Crippen LogP contribution < -0.4 is 20.5 Å². The zero-order valence-corrected chi connectivity index (χ0v) is 12.4. The van der Waals surface area contributed by atoms with Crippen LogP contribution in [0.15, 0.2) is 35.3 Å². The maximum atomic E-state index is 11.7. The minimum absolute atomic E-state index is 0.156. The van der Waals surface area contributed by atoms with Gasteiger partial charge in [0.2, 0.25) is 5.88 Å². The first-order chi connectivity index (χ1) is 10.6. The lowest BCUT2D eigenvalue weighted by Gasteiger charge is -2.08. The highest BCUT2D eigenvalue weighted by molar-refractivity contribution is 5.77. The number of rotatable bonds is 6. The molecule has 0 saturated carbocycles. The number of ether oxygens (including phenoxy) is 2. The molecule has 1 aromatic heterocycles. The maximum Gasteiger partial charge on any atom is 0.348 e. The molecule has 0 unspecified atom stereocenters. The molecule has 2 aromatic rings. The predicted octanol–water partition coefficient (Wildman–Crippen LogP) is 0.782. The van der Waals surface area contributed by atoms with Gasteiger partial charge in [-0.25, -0.2) is 4.79 Å². The lowest BCUT2D eigenvalue weighted by atomic mass is 10.2. The number of methoxy groups -OCH3 is 1. The van der Waals surface area contributed by atoms with Crippen LogP contribution in [-0.2, 0) is 11.3 Å². The Labute approximate surface area is 127 Å². The van der Waals surface area contributed by atoms with Crippen molar-refractivity contribution in [2.24, 2.45) is 0 Å². The van der Waals surface area contributed by atoms with Gasteiger partial charge in [0, 0.05) is 18.3 Å². The normalized spacial score (nSPS) is 10.1. The van der Waals surface area contributed by atoms with E-state index in [1.165, 1.54) is 6.20 Å². The molecule has 1 amide bonds. The number of aromatic amines is 1. The molecular formula is C15H17N3O4. The molecule has 1 heterocycles. The van der Waals surface area contributed by atoms with Gasteiger partial charge in [-0.05, 0) is 24.6 Å². The third-order valence-electron chi connectivity index (χ3n) is 2.94. The van der Waals surface area contributed by atoms with Gasteiger partial charge < -0.3 is 19.8 Å². The zero-order chi connectivity index (χ0) is 15.9. The van der Waals surface area contributed by atoms with Gasteiger partial charge in [-0.3, -0.25) is 4.79 Å². The van der Waals surface area contributed by atoms with Crippen LogP contribution in [0.4, 0.5) is 0 Å². The molecular weight excluding hydrogens is 286 g/mol. The second-order valence-electron chi connectivity index (χ2n) is 4.61. The maximum absolute atomic E-state index is 11.7. The summed E-state index contributed by atoms with van der Waals surface area (Å²) in [6, 6.07) is 7.37. The average Bonchev–Trinajstić information content (AvgIpc) is 2.54. The van der Waals surface area contributed by atoms with Crippen LogP contribution in [0, 0.1) is 6.92 Å². The Morgan fingerprint density at radius 1 is 1.32 bits per heavy atom. The third kappa shape index (κ3) is 4.34. The van der Waals surface area contributed by atoms with E-state index in [1.54, 1.807) is 14.0 Å². The molecule has 7 heteroatoms. The first-order valence-corrected chi connectivity index (χ1v) is 6.67. The van der Waals surface area contributed by atoms with Crippen LogP contribution >= 0.6 is 0 Å². The zero-order valence-electron chi connectivity index (χ0n) is 12.4. The molecule has 0 atom stereocenters. The van der Waals surface area contributed by atoms with Crippen molar-refractivity contribution in [3.8, 4) is 11.6 Å². The number of hydrogen-bond donors (Lipinski definition) is 2. The number of carbonyl (C=O) groups excluding carboxylic acids is 1. The van der Waals surface area contributed by atoms with E-state index < -0.39 is 5.69 Å². The van der Waals surface area contributed by atoms with Gasteiger partial charge in [0.05, 0.1) is 7.11 Å². The average molecular weight is 303 g/mol. The fourth-order valence-corrected chi connectivity index (χ4v) is 1.72. The van der Waals surface area contributed by atoms with E-state index in [0.29, 0.717) is 12.1 Å². The topological polar surface area (TPSA) is 93.3 Å². The van der Waals surface area contributed by atoms with Gasteiger partial charge in [-0.1, -0.05) is 12.1 Å². The Morgan fingerprint density at radius 3 is 2.73 bits per heavy atom. The number of carbonyl (C=O) groups is 1. The lowest BCUT2D eigenvalue weighted by molar-refractivity contribution is -0.123. The number of benzene rings is 1. The molecule has 0 aliphatic rings. The Hall–Kier alpha value is -2.83. The van der Waals surface area contributed by atoms with Gasteiger partial charge in [0.1, 0.15) is 5.75 Å². The fourth-order valence-electron chi connectivity index (χ4n) is 1.72. The van der Waals surface area contributed by atoms with Gasteiger partial charge in [-0.15, -0.1) is 0 Å². The summed E-state index contributed by atoms with van der Waals surface area (Å²) in [6.07, 6.45) is 1.49. The van der Waals surface area contributed by atoms with Crippen molar-refractivity contribution in [2.45, 2.75) is 13.5 Å². The van der Waals surface area contributed by atoms with Crippen LogP contribution in [0.2, 0.25) is 0 Å². The number of nitrogens with one attached hydrogen (secondary N) is 2. The van der Waals surface area contributed by atoms with Crippen LogP contribution in [0.1, 0.15) is 11.1 Å². The van der Waals surface area contributed by atoms with Crippen molar-refractivity contribution in [1.82, 2.24) is 15.3 Å². The lowest BCUT2D eigenvalue weighted by Crippen LogP contribution is -2.29. The molecule has 1 aromatic carbocycles. The monoisotopic (exact) mass is 303 g/mol. The van der Waals surface area contributed by atoms with Gasteiger partial charge in [-0.2, -0.15) is 4.98 Å². The fraction of sp³-hybridized carbons (Fsp3) is 0.267. The van der Waals surface area contributed by atoms with E-state index in [2.05, 4.69) is 15.3 Å². The van der Waals surface area contributed by atoms with Crippen LogP contribution in [-0.4, -0.2) is 29.6 Å². The molecule has 2 N–H and O–H groups in total. The van der Waals surface area contributed by atoms with Crippen LogP contribution in [0.3, 0.4) is 0 Å². The summed E-state index contributed by atoms with van der Waals surface area (Å²) >= 11 is 0. The van der Waals surface area contributed by atoms with Crippen LogP contribution in [0.5, 0.6) is 11.6 Å². The summed E-state index contributed by atoms with van der Waals surface area (Å²) in [5, 5.41) is 2.72. The SMILES string of the molecule is COc1ccc(CNC(=O)COc2nc(=O)[nH]cc2C)cc1. The van der Waals surface area contributed by atoms with E-state index >= 15 is 0 Å². The molecule has 0 spiro atoms. The quantitative estimate of drug-likeness (QED) is 0.822. The van der Waals surface area contributed by atoms with Crippen molar-refractivity contribution in [3.05, 3.63) is 52.1 Å². The molecule has 116 valence electrons. The molecule has 0 radical (unpaired) electrons. The Bertz CT molecular complexity index is 695. The van der Waals surface area contributed by atoms with Crippen molar-refractivity contribution < 1.29 is 14.3 Å². The van der Waals surface area contributed by atoms with Gasteiger partial charge in [0.15, 0.2) is 6.61 Å². The number of aryl methyl sites for hydroxylation is 1. The first kappa shape index (κ1) is 15.6. The molecule has 0 fully saturated rings. The summed E-state index contributed by atoms with van der Waals surface area (Å²) in [5.41, 5.74) is 1.08. The van der Waals surface area contributed by atoms with Gasteiger partial charge >= 0.3 is 5.69 Å². The summed E-state index contributed by atoms with van der Waals surface area (Å²) in [7, 11) is 1.60. The molecule has 0 bridgehead atoms. The Balaban J connectivity index is 1.82. The molecule has 22 heavy (non-hydrogen) atoms. The predicted molar refractivity (Wildman–Crippen MR) is 79.9 cm³/mol. The van der Waals surface area contributed by atoms with Crippen molar-refractivity contribution in [1.29, 1.82) is 0 Å². The highest BCUT2D eigenvalue weighted by Gasteiger charge is 2.07. The Kier molecular flexibility index (Phi) is 5.13. The minimum atomic E-state index is -0.515. The summed E-state index contributed by atoms with van der Waals surface area (Å²) in [5.74, 6) is 0.620. The number of H-pyrrole nitrogens is 1. The van der Waals surface area contributed by atoms with Gasteiger partial charge in [0.25, 0.3) is 5.91 Å². The minimum Gasteiger partial charge on any atom is -0.497 e. The number of aromatic nitrogens is 2. The van der Waals surface area contributed by atoms with E-state index in [0.717, 1.165) is 11.3 Å². The highest BCUT2D eigenvalue weighted by atomic mass is 16.5. The van der Waals surface area contributed by atoms with E-state index in [9.17, 15) is 9.59 Å². The number of nitrogens with zero attached hydrogens (tertiary/aromatic N) is 1. The summed E-state index contributed by atoms with van der Waals surface area (Å²) in [4.78, 5) is 28.9.